The fraction of sp³-hybridized carbons (Fsp3) is 0.688. The molecule has 1 N–H and O–H groups in total. The SMILES string of the molecule is O=C(NC(C1CC1)C1CC1)N(Cc1cccs1)C1CC1. The van der Waals surface area contributed by atoms with Crippen molar-refractivity contribution in [1.82, 2.24) is 10.2 Å². The monoisotopic (exact) mass is 290 g/mol. The largest absolute Gasteiger partial charge is 0.335 e. The third-order valence-electron chi connectivity index (χ3n) is 4.70. The highest BCUT2D eigenvalue weighted by molar-refractivity contribution is 7.09. The minimum atomic E-state index is 0.185. The lowest BCUT2D eigenvalue weighted by Crippen LogP contribution is -2.47. The molecule has 108 valence electrons. The topological polar surface area (TPSA) is 32.3 Å². The fourth-order valence-corrected chi connectivity index (χ4v) is 3.78. The number of rotatable bonds is 6. The summed E-state index contributed by atoms with van der Waals surface area (Å²) in [7, 11) is 0. The number of nitrogens with one attached hydrogen (secondary N) is 1. The predicted molar refractivity (Wildman–Crippen MR) is 80.7 cm³/mol. The Bertz CT molecular complexity index is 463. The van der Waals surface area contributed by atoms with Crippen molar-refractivity contribution < 1.29 is 4.79 Å². The Morgan fingerprint density at radius 1 is 1.25 bits per heavy atom. The highest BCUT2D eigenvalue weighted by Gasteiger charge is 2.43. The minimum Gasteiger partial charge on any atom is -0.335 e. The summed E-state index contributed by atoms with van der Waals surface area (Å²) in [5.74, 6) is 1.54. The molecule has 0 atom stereocenters. The molecule has 0 saturated heterocycles. The number of carbonyl (C=O) groups excluding carboxylic acids is 1. The van der Waals surface area contributed by atoms with Gasteiger partial charge < -0.3 is 10.2 Å². The van der Waals surface area contributed by atoms with Crippen LogP contribution in [0.15, 0.2) is 17.5 Å². The molecule has 1 aromatic heterocycles. The van der Waals surface area contributed by atoms with Crippen LogP contribution in [0.3, 0.4) is 0 Å². The highest BCUT2D eigenvalue weighted by atomic mass is 32.1. The van der Waals surface area contributed by atoms with E-state index in [9.17, 15) is 4.79 Å². The maximum Gasteiger partial charge on any atom is 0.318 e. The average Bonchev–Trinajstić information content (AvgIpc) is 3.31. The summed E-state index contributed by atoms with van der Waals surface area (Å²) < 4.78 is 0. The molecule has 3 nitrogen and oxygen atoms in total. The Kier molecular flexibility index (Phi) is 3.21. The highest BCUT2D eigenvalue weighted by Crippen LogP contribution is 2.44. The number of nitrogens with zero attached hydrogens (tertiary/aromatic N) is 1. The smallest absolute Gasteiger partial charge is 0.318 e. The van der Waals surface area contributed by atoms with Gasteiger partial charge in [0.15, 0.2) is 0 Å². The van der Waals surface area contributed by atoms with E-state index in [0.29, 0.717) is 12.1 Å². The van der Waals surface area contributed by atoms with E-state index in [1.807, 2.05) is 0 Å². The van der Waals surface area contributed by atoms with Crippen LogP contribution < -0.4 is 5.32 Å². The Labute approximate surface area is 124 Å². The van der Waals surface area contributed by atoms with Crippen molar-refractivity contribution in [3.63, 3.8) is 0 Å². The van der Waals surface area contributed by atoms with Gasteiger partial charge in [-0.3, -0.25) is 0 Å². The molecule has 4 rings (SSSR count). The van der Waals surface area contributed by atoms with Gasteiger partial charge in [0.25, 0.3) is 0 Å². The van der Waals surface area contributed by atoms with Crippen LogP contribution in [0.2, 0.25) is 0 Å². The summed E-state index contributed by atoms with van der Waals surface area (Å²) in [6.07, 6.45) is 7.61. The molecule has 0 radical (unpaired) electrons. The van der Waals surface area contributed by atoms with E-state index < -0.39 is 0 Å². The Morgan fingerprint density at radius 2 is 1.95 bits per heavy atom. The first kappa shape index (κ1) is 12.7. The second-order valence-corrected chi connectivity index (χ2v) is 7.62. The molecule has 1 heterocycles. The molecular formula is C16H22N2OS. The molecule has 0 aliphatic heterocycles. The first-order valence-electron chi connectivity index (χ1n) is 7.91. The van der Waals surface area contributed by atoms with Gasteiger partial charge in [-0.15, -0.1) is 11.3 Å². The second kappa shape index (κ2) is 5.06. The summed E-state index contributed by atoms with van der Waals surface area (Å²) in [6, 6.07) is 5.33. The molecule has 20 heavy (non-hydrogen) atoms. The molecule has 0 unspecified atom stereocenters. The zero-order valence-corrected chi connectivity index (χ0v) is 12.6. The quantitative estimate of drug-likeness (QED) is 0.853. The van der Waals surface area contributed by atoms with Crippen molar-refractivity contribution in [2.24, 2.45) is 11.8 Å². The van der Waals surface area contributed by atoms with Crippen LogP contribution in [-0.2, 0) is 6.54 Å². The molecule has 1 aromatic rings. The minimum absolute atomic E-state index is 0.185. The normalized spacial score (nSPS) is 22.1. The number of thiophene rings is 1. The van der Waals surface area contributed by atoms with Crippen molar-refractivity contribution in [3.05, 3.63) is 22.4 Å². The van der Waals surface area contributed by atoms with Gasteiger partial charge in [-0.25, -0.2) is 4.79 Å². The molecule has 3 fully saturated rings. The van der Waals surface area contributed by atoms with E-state index in [1.165, 1.54) is 43.4 Å². The number of hydrogen-bond donors (Lipinski definition) is 1. The van der Waals surface area contributed by atoms with Crippen LogP contribution in [-0.4, -0.2) is 23.0 Å². The maximum absolute atomic E-state index is 12.6. The van der Waals surface area contributed by atoms with E-state index in [0.717, 1.165) is 18.4 Å². The molecule has 3 saturated carbocycles. The van der Waals surface area contributed by atoms with Gasteiger partial charge in [0, 0.05) is 17.0 Å². The van der Waals surface area contributed by atoms with Gasteiger partial charge in [0.1, 0.15) is 0 Å². The molecule has 4 heteroatoms. The zero-order valence-electron chi connectivity index (χ0n) is 11.8. The van der Waals surface area contributed by atoms with Crippen molar-refractivity contribution in [1.29, 1.82) is 0 Å². The summed E-state index contributed by atoms with van der Waals surface area (Å²) in [6.45, 7) is 0.788. The molecule has 0 spiro atoms. The van der Waals surface area contributed by atoms with Gasteiger partial charge in [0.05, 0.1) is 6.54 Å². The van der Waals surface area contributed by atoms with Crippen LogP contribution in [0, 0.1) is 11.8 Å². The van der Waals surface area contributed by atoms with Crippen LogP contribution in [0.4, 0.5) is 4.79 Å². The van der Waals surface area contributed by atoms with Crippen molar-refractivity contribution in [3.8, 4) is 0 Å². The molecule has 0 bridgehead atoms. The van der Waals surface area contributed by atoms with Gasteiger partial charge in [-0.2, -0.15) is 0 Å². The predicted octanol–water partition coefficient (Wildman–Crippen LogP) is 3.61. The van der Waals surface area contributed by atoms with Crippen LogP contribution in [0.25, 0.3) is 0 Å². The van der Waals surface area contributed by atoms with Gasteiger partial charge in [-0.05, 0) is 61.8 Å². The lowest BCUT2D eigenvalue weighted by Gasteiger charge is -2.26. The number of amides is 2. The zero-order chi connectivity index (χ0) is 13.5. The summed E-state index contributed by atoms with van der Waals surface area (Å²) in [5.41, 5.74) is 0. The first-order chi connectivity index (χ1) is 9.81. The Morgan fingerprint density at radius 3 is 2.45 bits per heavy atom. The van der Waals surface area contributed by atoms with E-state index in [1.54, 1.807) is 11.3 Å². The molecule has 3 aliphatic carbocycles. The number of carbonyl (C=O) groups is 1. The van der Waals surface area contributed by atoms with Crippen molar-refractivity contribution in [2.45, 2.75) is 57.2 Å². The van der Waals surface area contributed by atoms with Gasteiger partial charge in [0.2, 0.25) is 0 Å². The number of urea groups is 1. The van der Waals surface area contributed by atoms with E-state index in [4.69, 9.17) is 0 Å². The number of hydrogen-bond acceptors (Lipinski definition) is 2. The molecule has 2 amide bonds. The average molecular weight is 290 g/mol. The molecule has 3 aliphatic rings. The van der Waals surface area contributed by atoms with Crippen LogP contribution in [0.5, 0.6) is 0 Å². The first-order valence-corrected chi connectivity index (χ1v) is 8.79. The van der Waals surface area contributed by atoms with Crippen molar-refractivity contribution >= 4 is 17.4 Å². The third-order valence-corrected chi connectivity index (χ3v) is 5.57. The summed E-state index contributed by atoms with van der Waals surface area (Å²) in [4.78, 5) is 16.0. The van der Waals surface area contributed by atoms with Gasteiger partial charge in [-0.1, -0.05) is 6.07 Å². The summed E-state index contributed by atoms with van der Waals surface area (Å²) in [5, 5.41) is 5.46. The molecule has 0 aromatic carbocycles. The lowest BCUT2D eigenvalue weighted by atomic mass is 10.1. The van der Waals surface area contributed by atoms with E-state index in [2.05, 4.69) is 27.7 Å². The Hall–Kier alpha value is -1.03. The maximum atomic E-state index is 12.6. The third kappa shape index (κ3) is 2.85. The summed E-state index contributed by atoms with van der Waals surface area (Å²) >= 11 is 1.75. The van der Waals surface area contributed by atoms with Crippen LogP contribution in [0.1, 0.15) is 43.4 Å². The Balaban J connectivity index is 1.41. The lowest BCUT2D eigenvalue weighted by molar-refractivity contribution is 0.185. The second-order valence-electron chi connectivity index (χ2n) is 6.59. The molecular weight excluding hydrogens is 268 g/mol. The van der Waals surface area contributed by atoms with Crippen LogP contribution >= 0.6 is 11.3 Å². The standard InChI is InChI=1S/C16H22N2OS/c19-16(17-15(11-3-4-11)12-5-6-12)18(13-7-8-13)10-14-2-1-9-20-14/h1-2,9,11-13,15H,3-8,10H2,(H,17,19). The van der Waals surface area contributed by atoms with E-state index in [-0.39, 0.29) is 6.03 Å². The van der Waals surface area contributed by atoms with Crippen molar-refractivity contribution in [2.75, 3.05) is 0 Å². The van der Waals surface area contributed by atoms with E-state index >= 15 is 0 Å². The fourth-order valence-electron chi connectivity index (χ4n) is 3.08. The van der Waals surface area contributed by atoms with Gasteiger partial charge >= 0.3 is 6.03 Å².